The minimum atomic E-state index is -1.00. The van der Waals surface area contributed by atoms with Crippen molar-refractivity contribution in [2.45, 2.75) is 37.9 Å². The molecule has 2 aliphatic rings. The van der Waals surface area contributed by atoms with E-state index in [9.17, 15) is 14.7 Å². The number of carbonyl (C=O) groups excluding carboxylic acids is 1. The summed E-state index contributed by atoms with van der Waals surface area (Å²) in [5, 5.41) is 9.40. The molecule has 114 valence electrons. The molecule has 2 atom stereocenters. The predicted molar refractivity (Wildman–Crippen MR) is 73.4 cm³/mol. The van der Waals surface area contributed by atoms with Crippen LogP contribution in [0.3, 0.4) is 0 Å². The van der Waals surface area contributed by atoms with E-state index in [0.29, 0.717) is 13.1 Å². The lowest BCUT2D eigenvalue weighted by Crippen LogP contribution is -2.56. The van der Waals surface area contributed by atoms with Gasteiger partial charge in [-0.1, -0.05) is 0 Å². The Hall–Kier alpha value is -2.09. The van der Waals surface area contributed by atoms with Crippen molar-refractivity contribution in [1.29, 1.82) is 0 Å². The number of amides is 2. The first-order chi connectivity index (χ1) is 10.1. The van der Waals surface area contributed by atoms with E-state index in [1.807, 2.05) is 0 Å². The number of nitrogens with two attached hydrogens (primary N) is 1. The van der Waals surface area contributed by atoms with E-state index in [4.69, 9.17) is 5.73 Å². The van der Waals surface area contributed by atoms with Gasteiger partial charge in [0.2, 0.25) is 0 Å². The van der Waals surface area contributed by atoms with E-state index in [1.165, 1.54) is 11.2 Å². The number of nitrogens with one attached hydrogen (secondary N) is 1. The first kappa shape index (κ1) is 13.9. The molecule has 2 aliphatic heterocycles. The third-order valence-electron chi connectivity index (χ3n) is 4.16. The molecule has 0 aromatic carbocycles. The Balaban J connectivity index is 1.81. The lowest BCUT2D eigenvalue weighted by molar-refractivity contribution is -0.143. The molecule has 4 N–H and O–H groups in total. The van der Waals surface area contributed by atoms with Crippen LogP contribution in [-0.4, -0.2) is 62.0 Å². The fraction of sp³-hybridized carbons (Fsp3) is 0.615. The predicted octanol–water partition coefficient (Wildman–Crippen LogP) is -0.236. The Morgan fingerprint density at radius 3 is 3.00 bits per heavy atom. The van der Waals surface area contributed by atoms with Crippen molar-refractivity contribution in [3.8, 4) is 0 Å². The van der Waals surface area contributed by atoms with Crippen LogP contribution in [0.15, 0.2) is 6.33 Å². The van der Waals surface area contributed by atoms with E-state index in [1.54, 1.807) is 4.90 Å². The Kier molecular flexibility index (Phi) is 3.54. The zero-order chi connectivity index (χ0) is 15.0. The number of fused-ring (bicyclic) bond motifs is 1. The average molecular weight is 293 g/mol. The van der Waals surface area contributed by atoms with Crippen LogP contribution in [0.4, 0.5) is 4.79 Å². The minimum Gasteiger partial charge on any atom is -0.480 e. The van der Waals surface area contributed by atoms with Crippen molar-refractivity contribution < 1.29 is 14.7 Å². The monoisotopic (exact) mass is 293 g/mol. The number of hydrogen-bond donors (Lipinski definition) is 3. The molecule has 8 heteroatoms. The molecular formula is C13H19N5O3. The van der Waals surface area contributed by atoms with Crippen LogP contribution < -0.4 is 5.73 Å². The quantitative estimate of drug-likeness (QED) is 0.661. The summed E-state index contributed by atoms with van der Waals surface area (Å²) in [4.78, 5) is 34.3. The van der Waals surface area contributed by atoms with Crippen LogP contribution >= 0.6 is 0 Å². The van der Waals surface area contributed by atoms with Crippen LogP contribution in [0, 0.1) is 0 Å². The lowest BCUT2D eigenvalue weighted by atomic mass is 10.0. The van der Waals surface area contributed by atoms with Crippen molar-refractivity contribution >= 4 is 12.0 Å². The first-order valence-electron chi connectivity index (χ1n) is 7.11. The number of carbonyl (C=O) groups is 2. The number of H-pyrrole nitrogens is 1. The van der Waals surface area contributed by atoms with E-state index in [2.05, 4.69) is 9.97 Å². The van der Waals surface area contributed by atoms with Crippen LogP contribution in [-0.2, 0) is 17.8 Å². The van der Waals surface area contributed by atoms with Gasteiger partial charge in [0.05, 0.1) is 24.3 Å². The zero-order valence-electron chi connectivity index (χ0n) is 11.7. The standard InChI is InChI=1S/C13H19N5O3/c14-8-2-1-3-17(5-8)13(21)18-6-10-9(15-7-16-10)4-11(18)12(19)20/h7-8,11H,1-6,14H2,(H,15,16)(H,19,20). The summed E-state index contributed by atoms with van der Waals surface area (Å²) in [6.07, 6.45) is 3.53. The maximum absolute atomic E-state index is 12.6. The van der Waals surface area contributed by atoms with E-state index >= 15 is 0 Å². The number of urea groups is 1. The number of aliphatic carboxylic acids is 1. The second-order valence-electron chi connectivity index (χ2n) is 5.64. The Bertz CT molecular complexity index is 558. The van der Waals surface area contributed by atoms with Crippen LogP contribution in [0.1, 0.15) is 24.2 Å². The number of carboxylic acids is 1. The van der Waals surface area contributed by atoms with Gasteiger partial charge in [-0.3, -0.25) is 0 Å². The number of rotatable bonds is 1. The number of aromatic nitrogens is 2. The van der Waals surface area contributed by atoms with Crippen molar-refractivity contribution in [2.75, 3.05) is 13.1 Å². The minimum absolute atomic E-state index is 0.0292. The van der Waals surface area contributed by atoms with Crippen molar-refractivity contribution in [3.05, 3.63) is 17.7 Å². The molecule has 21 heavy (non-hydrogen) atoms. The molecule has 3 heterocycles. The molecule has 3 rings (SSSR count). The number of carboxylic acid groups (broad SMARTS) is 1. The van der Waals surface area contributed by atoms with Gasteiger partial charge in [-0.15, -0.1) is 0 Å². The van der Waals surface area contributed by atoms with Gasteiger partial charge < -0.3 is 25.6 Å². The molecule has 1 aromatic heterocycles. The number of likely N-dealkylation sites (tertiary alicyclic amines) is 1. The Morgan fingerprint density at radius 1 is 1.48 bits per heavy atom. The zero-order valence-corrected chi connectivity index (χ0v) is 11.7. The highest BCUT2D eigenvalue weighted by molar-refractivity contribution is 5.83. The second kappa shape index (κ2) is 5.36. The van der Waals surface area contributed by atoms with Crippen LogP contribution in [0.2, 0.25) is 0 Å². The third-order valence-corrected chi connectivity index (χ3v) is 4.16. The van der Waals surface area contributed by atoms with Crippen LogP contribution in [0.25, 0.3) is 0 Å². The number of nitrogens with zero attached hydrogens (tertiary/aromatic N) is 3. The third kappa shape index (κ3) is 2.58. The maximum Gasteiger partial charge on any atom is 0.326 e. The molecule has 8 nitrogen and oxygen atoms in total. The van der Waals surface area contributed by atoms with E-state index in [0.717, 1.165) is 24.2 Å². The number of aromatic amines is 1. The second-order valence-corrected chi connectivity index (χ2v) is 5.64. The largest absolute Gasteiger partial charge is 0.480 e. The van der Waals surface area contributed by atoms with Gasteiger partial charge in [0.1, 0.15) is 6.04 Å². The van der Waals surface area contributed by atoms with Crippen molar-refractivity contribution in [2.24, 2.45) is 5.73 Å². The van der Waals surface area contributed by atoms with Crippen molar-refractivity contribution in [3.63, 3.8) is 0 Å². The Morgan fingerprint density at radius 2 is 2.29 bits per heavy atom. The van der Waals surface area contributed by atoms with E-state index in [-0.39, 0.29) is 25.0 Å². The smallest absolute Gasteiger partial charge is 0.326 e. The summed E-state index contributed by atoms with van der Waals surface area (Å²) in [6, 6.07) is -1.15. The normalized spacial score (nSPS) is 25.6. The van der Waals surface area contributed by atoms with Gasteiger partial charge in [0.15, 0.2) is 0 Å². The highest BCUT2D eigenvalue weighted by atomic mass is 16.4. The van der Waals surface area contributed by atoms with Crippen molar-refractivity contribution in [1.82, 2.24) is 19.8 Å². The molecule has 0 radical (unpaired) electrons. The fourth-order valence-electron chi connectivity index (χ4n) is 3.02. The van der Waals surface area contributed by atoms with Gasteiger partial charge in [-0.05, 0) is 12.8 Å². The van der Waals surface area contributed by atoms with Gasteiger partial charge in [0, 0.05) is 25.6 Å². The summed E-state index contributed by atoms with van der Waals surface area (Å²) in [5.41, 5.74) is 7.43. The molecular weight excluding hydrogens is 274 g/mol. The van der Waals surface area contributed by atoms with Gasteiger partial charge in [0.25, 0.3) is 0 Å². The summed E-state index contributed by atoms with van der Waals surface area (Å²) >= 11 is 0. The van der Waals surface area contributed by atoms with Crippen LogP contribution in [0.5, 0.6) is 0 Å². The summed E-state index contributed by atoms with van der Waals surface area (Å²) < 4.78 is 0. The molecule has 1 saturated heterocycles. The molecule has 1 fully saturated rings. The molecule has 0 bridgehead atoms. The number of hydrogen-bond acceptors (Lipinski definition) is 4. The Labute approximate surface area is 121 Å². The molecule has 0 aliphatic carbocycles. The van der Waals surface area contributed by atoms with E-state index < -0.39 is 12.0 Å². The summed E-state index contributed by atoms with van der Waals surface area (Å²) in [6.45, 7) is 1.36. The molecule has 0 saturated carbocycles. The molecule has 1 aromatic rings. The fourth-order valence-corrected chi connectivity index (χ4v) is 3.02. The SMILES string of the molecule is NC1CCCN(C(=O)N2Cc3[nH]cnc3CC2C(=O)O)C1. The first-order valence-corrected chi connectivity index (χ1v) is 7.11. The molecule has 0 spiro atoms. The van der Waals surface area contributed by atoms with Gasteiger partial charge >= 0.3 is 12.0 Å². The maximum atomic E-state index is 12.6. The molecule has 2 amide bonds. The summed E-state index contributed by atoms with van der Waals surface area (Å²) in [7, 11) is 0. The lowest BCUT2D eigenvalue weighted by Gasteiger charge is -2.39. The highest BCUT2D eigenvalue weighted by Gasteiger charge is 2.38. The molecule has 2 unspecified atom stereocenters. The van der Waals surface area contributed by atoms with Gasteiger partial charge in [-0.2, -0.15) is 0 Å². The number of piperidine rings is 1. The summed E-state index contributed by atoms with van der Waals surface area (Å²) in [5.74, 6) is -1.00. The number of imidazole rings is 1. The topological polar surface area (TPSA) is 116 Å². The average Bonchev–Trinajstić information content (AvgIpc) is 2.92. The highest BCUT2D eigenvalue weighted by Crippen LogP contribution is 2.23. The van der Waals surface area contributed by atoms with Gasteiger partial charge in [-0.25, -0.2) is 14.6 Å².